The van der Waals surface area contributed by atoms with Gasteiger partial charge in [-0.2, -0.15) is 5.10 Å². The van der Waals surface area contributed by atoms with E-state index >= 15 is 0 Å². The number of hydrogen-bond donors (Lipinski definition) is 1. The van der Waals surface area contributed by atoms with E-state index in [0.717, 1.165) is 32.5 Å². The quantitative estimate of drug-likeness (QED) is 0.748. The third-order valence-electron chi connectivity index (χ3n) is 3.19. The lowest BCUT2D eigenvalue weighted by molar-refractivity contribution is 0.840. The number of fused-ring (bicyclic) bond motifs is 1. The van der Waals surface area contributed by atoms with Gasteiger partial charge >= 0.3 is 0 Å². The first-order valence-corrected chi connectivity index (χ1v) is 6.74. The molecule has 0 saturated carbocycles. The second-order valence-electron chi connectivity index (χ2n) is 4.48. The van der Waals surface area contributed by atoms with Crippen LogP contribution in [0, 0.1) is 13.8 Å². The molecule has 0 unspecified atom stereocenters. The molecule has 3 rings (SSSR count). The third-order valence-corrected chi connectivity index (χ3v) is 4.34. The SMILES string of the molecule is Cc1nn(-c2c(N)cnc3ccccc23)c(C)c1Br. The van der Waals surface area contributed by atoms with Crippen molar-refractivity contribution in [3.8, 4) is 5.69 Å². The first-order chi connectivity index (χ1) is 9.09. The number of aromatic nitrogens is 3. The van der Waals surface area contributed by atoms with Crippen LogP contribution in [0.1, 0.15) is 11.4 Å². The van der Waals surface area contributed by atoms with E-state index in [4.69, 9.17) is 5.73 Å². The molecule has 0 atom stereocenters. The van der Waals surface area contributed by atoms with Crippen LogP contribution in [0.2, 0.25) is 0 Å². The fraction of sp³-hybridized carbons (Fsp3) is 0.143. The van der Waals surface area contributed by atoms with Crippen molar-refractivity contribution in [2.24, 2.45) is 0 Å². The summed E-state index contributed by atoms with van der Waals surface area (Å²) in [5.74, 6) is 0. The molecular formula is C14H13BrN4. The van der Waals surface area contributed by atoms with Gasteiger partial charge in [0, 0.05) is 5.39 Å². The standard InChI is InChI=1S/C14H13BrN4/c1-8-13(15)9(2)19(18-8)14-10-5-3-4-6-12(10)17-7-11(14)16/h3-7H,16H2,1-2H3. The maximum atomic E-state index is 6.11. The van der Waals surface area contributed by atoms with Gasteiger partial charge in [0.05, 0.1) is 38.9 Å². The molecule has 96 valence electrons. The van der Waals surface area contributed by atoms with Gasteiger partial charge < -0.3 is 5.73 Å². The molecule has 0 spiro atoms. The van der Waals surface area contributed by atoms with Gasteiger partial charge in [-0.25, -0.2) is 4.68 Å². The Hall–Kier alpha value is -1.88. The predicted molar refractivity (Wildman–Crippen MR) is 80.5 cm³/mol. The van der Waals surface area contributed by atoms with Crippen molar-refractivity contribution in [1.82, 2.24) is 14.8 Å². The molecule has 4 nitrogen and oxygen atoms in total. The van der Waals surface area contributed by atoms with Crippen LogP contribution >= 0.6 is 15.9 Å². The lowest BCUT2D eigenvalue weighted by Gasteiger charge is -2.11. The number of rotatable bonds is 1. The molecule has 0 radical (unpaired) electrons. The minimum Gasteiger partial charge on any atom is -0.396 e. The van der Waals surface area contributed by atoms with Gasteiger partial charge in [0.15, 0.2) is 0 Å². The first kappa shape index (κ1) is 12.2. The van der Waals surface area contributed by atoms with E-state index in [1.54, 1.807) is 6.20 Å². The Morgan fingerprint density at radius 2 is 1.95 bits per heavy atom. The number of pyridine rings is 1. The van der Waals surface area contributed by atoms with Gasteiger partial charge in [-0.15, -0.1) is 0 Å². The number of nitrogens with zero attached hydrogens (tertiary/aromatic N) is 3. The van der Waals surface area contributed by atoms with Crippen LogP contribution in [0.3, 0.4) is 0 Å². The van der Waals surface area contributed by atoms with Crippen molar-refractivity contribution in [3.05, 3.63) is 46.3 Å². The van der Waals surface area contributed by atoms with Gasteiger partial charge in [0.1, 0.15) is 0 Å². The number of para-hydroxylation sites is 1. The van der Waals surface area contributed by atoms with Crippen molar-refractivity contribution in [3.63, 3.8) is 0 Å². The van der Waals surface area contributed by atoms with Crippen molar-refractivity contribution in [2.45, 2.75) is 13.8 Å². The average Bonchev–Trinajstić information content (AvgIpc) is 2.66. The van der Waals surface area contributed by atoms with Crippen LogP contribution in [0.25, 0.3) is 16.6 Å². The van der Waals surface area contributed by atoms with Crippen molar-refractivity contribution in [1.29, 1.82) is 0 Å². The van der Waals surface area contributed by atoms with E-state index in [9.17, 15) is 0 Å². The van der Waals surface area contributed by atoms with E-state index in [1.807, 2.05) is 42.8 Å². The molecular weight excluding hydrogens is 304 g/mol. The minimum atomic E-state index is 0.622. The zero-order chi connectivity index (χ0) is 13.6. The summed E-state index contributed by atoms with van der Waals surface area (Å²) in [5.41, 5.74) is 10.5. The second kappa shape index (κ2) is 4.35. The van der Waals surface area contributed by atoms with Crippen molar-refractivity contribution in [2.75, 3.05) is 5.73 Å². The monoisotopic (exact) mass is 316 g/mol. The maximum absolute atomic E-state index is 6.11. The molecule has 0 bridgehead atoms. The molecule has 3 aromatic rings. The molecule has 0 aliphatic carbocycles. The van der Waals surface area contributed by atoms with Gasteiger partial charge in [-0.3, -0.25) is 4.98 Å². The maximum Gasteiger partial charge on any atom is 0.0988 e. The van der Waals surface area contributed by atoms with E-state index in [1.165, 1.54) is 0 Å². The molecule has 2 aromatic heterocycles. The van der Waals surface area contributed by atoms with E-state index < -0.39 is 0 Å². The summed E-state index contributed by atoms with van der Waals surface area (Å²) in [4.78, 5) is 4.35. The largest absolute Gasteiger partial charge is 0.396 e. The normalized spacial score (nSPS) is 11.1. The Morgan fingerprint density at radius 1 is 1.21 bits per heavy atom. The van der Waals surface area contributed by atoms with Gasteiger partial charge in [-0.05, 0) is 35.8 Å². The highest BCUT2D eigenvalue weighted by Gasteiger charge is 2.15. The van der Waals surface area contributed by atoms with Gasteiger partial charge in [0.2, 0.25) is 0 Å². The summed E-state index contributed by atoms with van der Waals surface area (Å²) in [6, 6.07) is 7.93. The molecule has 0 saturated heterocycles. The topological polar surface area (TPSA) is 56.7 Å². The summed E-state index contributed by atoms with van der Waals surface area (Å²) in [7, 11) is 0. The smallest absolute Gasteiger partial charge is 0.0988 e. The molecule has 5 heteroatoms. The number of benzene rings is 1. The highest BCUT2D eigenvalue weighted by Crippen LogP contribution is 2.30. The highest BCUT2D eigenvalue weighted by molar-refractivity contribution is 9.10. The number of nitrogens with two attached hydrogens (primary N) is 1. The lowest BCUT2D eigenvalue weighted by atomic mass is 10.1. The summed E-state index contributed by atoms with van der Waals surface area (Å²) >= 11 is 3.55. The fourth-order valence-corrected chi connectivity index (χ4v) is 2.47. The zero-order valence-electron chi connectivity index (χ0n) is 10.7. The van der Waals surface area contributed by atoms with E-state index in [0.29, 0.717) is 5.69 Å². The summed E-state index contributed by atoms with van der Waals surface area (Å²) in [6.07, 6.45) is 1.68. The zero-order valence-corrected chi connectivity index (χ0v) is 12.3. The number of aryl methyl sites for hydroxylation is 1. The third kappa shape index (κ3) is 1.81. The van der Waals surface area contributed by atoms with E-state index in [2.05, 4.69) is 26.0 Å². The average molecular weight is 317 g/mol. The number of hydrogen-bond acceptors (Lipinski definition) is 3. The Labute approximate surface area is 119 Å². The van der Waals surface area contributed by atoms with Crippen LogP contribution < -0.4 is 5.73 Å². The molecule has 0 amide bonds. The van der Waals surface area contributed by atoms with Gasteiger partial charge in [0.25, 0.3) is 0 Å². The molecule has 0 fully saturated rings. The predicted octanol–water partition coefficient (Wildman–Crippen LogP) is 3.38. The Kier molecular flexibility index (Phi) is 2.78. The molecule has 0 aliphatic rings. The van der Waals surface area contributed by atoms with Gasteiger partial charge in [-0.1, -0.05) is 18.2 Å². The van der Waals surface area contributed by atoms with Crippen LogP contribution in [-0.2, 0) is 0 Å². The molecule has 2 heterocycles. The fourth-order valence-electron chi connectivity index (χ4n) is 2.22. The van der Waals surface area contributed by atoms with Crippen LogP contribution in [-0.4, -0.2) is 14.8 Å². The summed E-state index contributed by atoms with van der Waals surface area (Å²) in [6.45, 7) is 3.98. The van der Waals surface area contributed by atoms with E-state index in [-0.39, 0.29) is 0 Å². The Balaban J connectivity index is 2.41. The lowest BCUT2D eigenvalue weighted by Crippen LogP contribution is -2.05. The molecule has 0 aliphatic heterocycles. The highest BCUT2D eigenvalue weighted by atomic mass is 79.9. The van der Waals surface area contributed by atoms with Crippen LogP contribution in [0.5, 0.6) is 0 Å². The minimum absolute atomic E-state index is 0.622. The molecule has 1 aromatic carbocycles. The number of anilines is 1. The summed E-state index contributed by atoms with van der Waals surface area (Å²) < 4.78 is 2.88. The van der Waals surface area contributed by atoms with Crippen LogP contribution in [0.15, 0.2) is 34.9 Å². The summed E-state index contributed by atoms with van der Waals surface area (Å²) in [5, 5.41) is 5.55. The van der Waals surface area contributed by atoms with Crippen molar-refractivity contribution < 1.29 is 0 Å². The second-order valence-corrected chi connectivity index (χ2v) is 5.27. The molecule has 19 heavy (non-hydrogen) atoms. The van der Waals surface area contributed by atoms with Crippen LogP contribution in [0.4, 0.5) is 5.69 Å². The Bertz CT molecular complexity index is 776. The molecule has 2 N–H and O–H groups in total. The van der Waals surface area contributed by atoms with Crippen molar-refractivity contribution >= 4 is 32.5 Å². The first-order valence-electron chi connectivity index (χ1n) is 5.95. The number of nitrogen functional groups attached to an aromatic ring is 1. The number of halogens is 1. The Morgan fingerprint density at radius 3 is 2.63 bits per heavy atom.